The van der Waals surface area contributed by atoms with Gasteiger partial charge in [0.15, 0.2) is 9.84 Å². The van der Waals surface area contributed by atoms with Gasteiger partial charge >= 0.3 is 0 Å². The van der Waals surface area contributed by atoms with Crippen LogP contribution < -0.4 is 4.74 Å². The van der Waals surface area contributed by atoms with E-state index in [1.807, 2.05) is 13.8 Å². The number of nitrogens with zero attached hydrogens (tertiary/aromatic N) is 1. The maximum absolute atomic E-state index is 11.5. The van der Waals surface area contributed by atoms with E-state index in [-0.39, 0.29) is 12.0 Å². The number of β-amino-alcohol motifs (C(OH)–C–C–N with tert-alkyl or cyclic N) is 1. The molecule has 0 spiro atoms. The molecule has 1 N–H and O–H groups in total. The van der Waals surface area contributed by atoms with Crippen molar-refractivity contribution in [3.05, 3.63) is 24.3 Å². The lowest BCUT2D eigenvalue weighted by Crippen LogP contribution is -2.34. The van der Waals surface area contributed by atoms with Gasteiger partial charge in [0.25, 0.3) is 0 Å². The third kappa shape index (κ3) is 5.19. The van der Waals surface area contributed by atoms with E-state index in [1.165, 1.54) is 6.26 Å². The fourth-order valence-electron chi connectivity index (χ4n) is 2.97. The summed E-state index contributed by atoms with van der Waals surface area (Å²) < 4.78 is 28.8. The summed E-state index contributed by atoms with van der Waals surface area (Å²) >= 11 is 0. The van der Waals surface area contributed by atoms with Gasteiger partial charge in [0.1, 0.15) is 5.75 Å². The van der Waals surface area contributed by atoms with Crippen LogP contribution in [0.5, 0.6) is 5.75 Å². The highest BCUT2D eigenvalue weighted by Crippen LogP contribution is 2.25. The van der Waals surface area contributed by atoms with E-state index in [0.29, 0.717) is 35.6 Å². The number of benzene rings is 1. The molecule has 0 bridgehead atoms. The summed E-state index contributed by atoms with van der Waals surface area (Å²) in [5, 5.41) is 10.0. The van der Waals surface area contributed by atoms with E-state index in [9.17, 15) is 13.5 Å². The Balaban J connectivity index is 1.86. The lowest BCUT2D eigenvalue weighted by molar-refractivity contribution is 0.0826. The minimum atomic E-state index is -3.17. The third-order valence-corrected chi connectivity index (χ3v) is 5.90. The molecular weight excluding hydrogens is 326 g/mol. The van der Waals surface area contributed by atoms with E-state index in [4.69, 9.17) is 4.74 Å². The van der Waals surface area contributed by atoms with Crippen molar-refractivity contribution in [2.45, 2.75) is 31.8 Å². The SMILES string of the molecule is CC(C)C(O)CN1CC(C)C(COc2ccc(S(C)(=O)=O)cc2)C1. The lowest BCUT2D eigenvalue weighted by Gasteiger charge is -2.22. The Bertz CT molecular complexity index is 627. The van der Waals surface area contributed by atoms with Gasteiger partial charge in [-0.25, -0.2) is 8.42 Å². The molecule has 1 aliphatic rings. The largest absolute Gasteiger partial charge is 0.493 e. The first-order valence-corrected chi connectivity index (χ1v) is 10.4. The molecule has 0 amide bonds. The van der Waals surface area contributed by atoms with E-state index in [1.54, 1.807) is 24.3 Å². The van der Waals surface area contributed by atoms with Crippen molar-refractivity contribution < 1.29 is 18.3 Å². The molecule has 0 saturated carbocycles. The summed E-state index contributed by atoms with van der Waals surface area (Å²) in [7, 11) is -3.17. The maximum atomic E-state index is 11.5. The van der Waals surface area contributed by atoms with Gasteiger partial charge in [-0.1, -0.05) is 20.8 Å². The summed E-state index contributed by atoms with van der Waals surface area (Å²) in [6.45, 7) is 9.49. The lowest BCUT2D eigenvalue weighted by atomic mass is 9.99. The highest BCUT2D eigenvalue weighted by Gasteiger charge is 2.31. The average molecular weight is 356 g/mol. The number of likely N-dealkylation sites (tertiary alicyclic amines) is 1. The Kier molecular flexibility index (Phi) is 6.28. The molecule has 24 heavy (non-hydrogen) atoms. The van der Waals surface area contributed by atoms with Crippen LogP contribution in [0, 0.1) is 17.8 Å². The fraction of sp³-hybridized carbons (Fsp3) is 0.667. The zero-order chi connectivity index (χ0) is 17.9. The first kappa shape index (κ1) is 19.2. The van der Waals surface area contributed by atoms with Crippen molar-refractivity contribution in [1.82, 2.24) is 4.90 Å². The van der Waals surface area contributed by atoms with Gasteiger partial charge in [-0.05, 0) is 36.1 Å². The predicted molar refractivity (Wildman–Crippen MR) is 95.0 cm³/mol. The number of rotatable bonds is 7. The topological polar surface area (TPSA) is 66.8 Å². The summed E-state index contributed by atoms with van der Waals surface area (Å²) in [5.74, 6) is 1.89. The fourth-order valence-corrected chi connectivity index (χ4v) is 3.60. The zero-order valence-corrected chi connectivity index (χ0v) is 15.8. The van der Waals surface area contributed by atoms with E-state index in [2.05, 4.69) is 11.8 Å². The molecule has 3 atom stereocenters. The first-order valence-electron chi connectivity index (χ1n) is 8.50. The number of hydrogen-bond donors (Lipinski definition) is 1. The van der Waals surface area contributed by atoms with Crippen LogP contribution in [-0.2, 0) is 9.84 Å². The van der Waals surface area contributed by atoms with Crippen LogP contribution in [0.25, 0.3) is 0 Å². The molecule has 1 aromatic rings. The van der Waals surface area contributed by atoms with Crippen molar-refractivity contribution in [2.75, 3.05) is 32.5 Å². The normalized spacial score (nSPS) is 23.6. The number of aliphatic hydroxyl groups is 1. The molecule has 1 saturated heterocycles. The van der Waals surface area contributed by atoms with Crippen LogP contribution in [0.4, 0.5) is 0 Å². The van der Waals surface area contributed by atoms with Gasteiger partial charge in [0.2, 0.25) is 0 Å². The van der Waals surface area contributed by atoms with Crippen LogP contribution in [0.3, 0.4) is 0 Å². The Morgan fingerprint density at radius 3 is 2.42 bits per heavy atom. The minimum absolute atomic E-state index is 0.268. The number of ether oxygens (including phenoxy) is 1. The molecule has 6 heteroatoms. The molecule has 0 radical (unpaired) electrons. The van der Waals surface area contributed by atoms with Crippen LogP contribution >= 0.6 is 0 Å². The highest BCUT2D eigenvalue weighted by molar-refractivity contribution is 7.90. The molecule has 1 heterocycles. The Hall–Kier alpha value is -1.11. The van der Waals surface area contributed by atoms with Gasteiger partial charge in [0.05, 0.1) is 17.6 Å². The molecule has 1 fully saturated rings. The van der Waals surface area contributed by atoms with E-state index in [0.717, 1.165) is 13.1 Å². The maximum Gasteiger partial charge on any atom is 0.175 e. The van der Waals surface area contributed by atoms with Gasteiger partial charge in [-0.3, -0.25) is 0 Å². The van der Waals surface area contributed by atoms with Crippen molar-refractivity contribution in [1.29, 1.82) is 0 Å². The number of aliphatic hydroxyl groups excluding tert-OH is 1. The molecule has 5 nitrogen and oxygen atoms in total. The first-order chi connectivity index (χ1) is 11.2. The molecule has 2 rings (SSSR count). The van der Waals surface area contributed by atoms with Crippen molar-refractivity contribution in [3.8, 4) is 5.75 Å². The monoisotopic (exact) mass is 355 g/mol. The smallest absolute Gasteiger partial charge is 0.175 e. The van der Waals surface area contributed by atoms with Crippen molar-refractivity contribution in [2.24, 2.45) is 17.8 Å². The second-order valence-corrected chi connectivity index (χ2v) is 9.34. The molecule has 3 unspecified atom stereocenters. The van der Waals surface area contributed by atoms with Crippen molar-refractivity contribution >= 4 is 9.84 Å². The quantitative estimate of drug-likeness (QED) is 0.811. The van der Waals surface area contributed by atoms with Crippen LogP contribution in [-0.4, -0.2) is 57.0 Å². The Labute approximate surface area is 145 Å². The van der Waals surface area contributed by atoms with E-state index >= 15 is 0 Å². The molecule has 0 aliphatic carbocycles. The summed E-state index contributed by atoms with van der Waals surface area (Å²) in [6.07, 6.45) is 0.906. The Morgan fingerprint density at radius 2 is 1.88 bits per heavy atom. The van der Waals surface area contributed by atoms with Gasteiger partial charge in [0, 0.05) is 31.8 Å². The highest BCUT2D eigenvalue weighted by atomic mass is 32.2. The number of hydrogen-bond acceptors (Lipinski definition) is 5. The summed E-state index contributed by atoms with van der Waals surface area (Å²) in [4.78, 5) is 2.61. The van der Waals surface area contributed by atoms with Gasteiger partial charge < -0.3 is 14.7 Å². The van der Waals surface area contributed by atoms with Gasteiger partial charge in [-0.2, -0.15) is 0 Å². The standard InChI is InChI=1S/C18H29NO4S/c1-13(2)18(20)11-19-9-14(3)15(10-19)12-23-16-5-7-17(8-6-16)24(4,21)22/h5-8,13-15,18,20H,9-12H2,1-4H3. The zero-order valence-electron chi connectivity index (χ0n) is 15.0. The van der Waals surface area contributed by atoms with Crippen molar-refractivity contribution in [3.63, 3.8) is 0 Å². The molecular formula is C18H29NO4S. The average Bonchev–Trinajstić information content (AvgIpc) is 2.84. The second kappa shape index (κ2) is 7.85. The molecule has 136 valence electrons. The summed E-state index contributed by atoms with van der Waals surface area (Å²) in [6, 6.07) is 6.56. The number of sulfone groups is 1. The Morgan fingerprint density at radius 1 is 1.25 bits per heavy atom. The third-order valence-electron chi connectivity index (χ3n) is 4.77. The minimum Gasteiger partial charge on any atom is -0.493 e. The second-order valence-electron chi connectivity index (χ2n) is 7.32. The molecule has 1 aliphatic heterocycles. The predicted octanol–water partition coefficient (Wildman–Crippen LogP) is 2.05. The van der Waals surface area contributed by atoms with Crippen LogP contribution in [0.2, 0.25) is 0 Å². The summed E-state index contributed by atoms with van der Waals surface area (Å²) in [5.41, 5.74) is 0. The van der Waals surface area contributed by atoms with Crippen LogP contribution in [0.1, 0.15) is 20.8 Å². The van der Waals surface area contributed by atoms with Crippen LogP contribution in [0.15, 0.2) is 29.2 Å². The molecule has 0 aromatic heterocycles. The molecule has 1 aromatic carbocycles. The van der Waals surface area contributed by atoms with Gasteiger partial charge in [-0.15, -0.1) is 0 Å². The van der Waals surface area contributed by atoms with E-state index < -0.39 is 9.84 Å².